The van der Waals surface area contributed by atoms with E-state index in [2.05, 4.69) is 53.3 Å². The number of unbranched alkanes of at least 4 members (excludes halogenated alkanes) is 3. The molecule has 0 spiro atoms. The molecule has 0 aliphatic rings. The lowest BCUT2D eigenvalue weighted by atomic mass is 10.2. The second kappa shape index (κ2) is 9.40. The molecule has 3 heteroatoms. The summed E-state index contributed by atoms with van der Waals surface area (Å²) in [5, 5.41) is 3.32. The van der Waals surface area contributed by atoms with Gasteiger partial charge in [-0.3, -0.25) is 0 Å². The predicted molar refractivity (Wildman–Crippen MR) is 81.2 cm³/mol. The van der Waals surface area contributed by atoms with Crippen LogP contribution in [0.5, 0.6) is 5.75 Å². The maximum absolute atomic E-state index is 5.78. The fourth-order valence-corrected chi connectivity index (χ4v) is 2.29. The van der Waals surface area contributed by atoms with Crippen molar-refractivity contribution in [1.29, 1.82) is 0 Å². The molecule has 0 radical (unpaired) electrons. The van der Waals surface area contributed by atoms with Crippen LogP contribution in [0.2, 0.25) is 0 Å². The molecular formula is C15H24BrNO. The Balaban J connectivity index is 2.37. The highest BCUT2D eigenvalue weighted by atomic mass is 79.9. The zero-order chi connectivity index (χ0) is 13.2. The lowest BCUT2D eigenvalue weighted by Crippen LogP contribution is -2.11. The fraction of sp³-hybridized carbons (Fsp3) is 0.600. The van der Waals surface area contributed by atoms with E-state index in [0.29, 0.717) is 0 Å². The van der Waals surface area contributed by atoms with Crippen molar-refractivity contribution < 1.29 is 4.74 Å². The van der Waals surface area contributed by atoms with Gasteiger partial charge in [0.2, 0.25) is 0 Å². The molecular weight excluding hydrogens is 290 g/mol. The van der Waals surface area contributed by atoms with Crippen molar-refractivity contribution in [2.45, 2.75) is 46.1 Å². The molecule has 0 atom stereocenters. The van der Waals surface area contributed by atoms with Gasteiger partial charge in [-0.05, 0) is 46.6 Å². The van der Waals surface area contributed by atoms with Crippen LogP contribution < -0.4 is 10.1 Å². The Bertz CT molecular complexity index is 341. The molecule has 0 amide bonds. The van der Waals surface area contributed by atoms with Crippen LogP contribution in [0.4, 0.5) is 0 Å². The highest BCUT2D eigenvalue weighted by Crippen LogP contribution is 2.26. The summed E-state index contributed by atoms with van der Waals surface area (Å²) >= 11 is 3.57. The molecule has 1 rings (SSSR count). The largest absolute Gasteiger partial charge is 0.492 e. The van der Waals surface area contributed by atoms with E-state index in [9.17, 15) is 0 Å². The number of ether oxygens (including phenoxy) is 1. The molecule has 1 aromatic rings. The SMILES string of the molecule is CCCCCCOc1ccc(CNCC)cc1Br. The monoisotopic (exact) mass is 313 g/mol. The zero-order valence-corrected chi connectivity index (χ0v) is 13.1. The number of rotatable bonds is 9. The smallest absolute Gasteiger partial charge is 0.133 e. The van der Waals surface area contributed by atoms with Crippen LogP contribution in [0.25, 0.3) is 0 Å². The lowest BCUT2D eigenvalue weighted by Gasteiger charge is -2.10. The third-order valence-corrected chi connectivity index (χ3v) is 3.45. The first-order valence-electron chi connectivity index (χ1n) is 6.89. The van der Waals surface area contributed by atoms with Crippen LogP contribution >= 0.6 is 15.9 Å². The van der Waals surface area contributed by atoms with Crippen molar-refractivity contribution in [2.24, 2.45) is 0 Å². The highest BCUT2D eigenvalue weighted by molar-refractivity contribution is 9.10. The summed E-state index contributed by atoms with van der Waals surface area (Å²) < 4.78 is 6.82. The molecule has 0 fully saturated rings. The van der Waals surface area contributed by atoms with E-state index in [1.807, 2.05) is 0 Å². The number of nitrogens with one attached hydrogen (secondary N) is 1. The summed E-state index contributed by atoms with van der Waals surface area (Å²) in [4.78, 5) is 0. The Kier molecular flexibility index (Phi) is 8.10. The Morgan fingerprint density at radius 3 is 2.67 bits per heavy atom. The van der Waals surface area contributed by atoms with E-state index < -0.39 is 0 Å². The van der Waals surface area contributed by atoms with Gasteiger partial charge in [0.25, 0.3) is 0 Å². The van der Waals surface area contributed by atoms with Gasteiger partial charge in [0, 0.05) is 6.54 Å². The first-order valence-corrected chi connectivity index (χ1v) is 7.69. The van der Waals surface area contributed by atoms with Gasteiger partial charge in [-0.25, -0.2) is 0 Å². The third-order valence-electron chi connectivity index (χ3n) is 2.83. The van der Waals surface area contributed by atoms with Gasteiger partial charge in [-0.1, -0.05) is 39.2 Å². The molecule has 0 saturated carbocycles. The van der Waals surface area contributed by atoms with Crippen LogP contribution in [0, 0.1) is 0 Å². The molecule has 0 aromatic heterocycles. The highest BCUT2D eigenvalue weighted by Gasteiger charge is 2.02. The summed E-state index contributed by atoms with van der Waals surface area (Å²) in [6.07, 6.45) is 4.96. The Morgan fingerprint density at radius 1 is 1.17 bits per heavy atom. The van der Waals surface area contributed by atoms with Crippen LogP contribution in [0.1, 0.15) is 45.1 Å². The van der Waals surface area contributed by atoms with Gasteiger partial charge < -0.3 is 10.1 Å². The van der Waals surface area contributed by atoms with Crippen LogP contribution in [0.3, 0.4) is 0 Å². The summed E-state index contributed by atoms with van der Waals surface area (Å²) in [5.41, 5.74) is 1.28. The van der Waals surface area contributed by atoms with E-state index in [0.717, 1.165) is 36.3 Å². The van der Waals surface area contributed by atoms with Crippen molar-refractivity contribution in [3.8, 4) is 5.75 Å². The summed E-state index contributed by atoms with van der Waals surface area (Å²) in [6.45, 7) is 7.05. The molecule has 1 aromatic carbocycles. The summed E-state index contributed by atoms with van der Waals surface area (Å²) in [7, 11) is 0. The number of benzene rings is 1. The van der Waals surface area contributed by atoms with Crippen molar-refractivity contribution >= 4 is 15.9 Å². The molecule has 0 bridgehead atoms. The van der Waals surface area contributed by atoms with E-state index in [4.69, 9.17) is 4.74 Å². The number of hydrogen-bond donors (Lipinski definition) is 1. The second-order valence-electron chi connectivity index (χ2n) is 4.45. The predicted octanol–water partition coefficient (Wildman–Crippen LogP) is 4.52. The first-order chi connectivity index (χ1) is 8.77. The average Bonchev–Trinajstić information content (AvgIpc) is 2.38. The minimum absolute atomic E-state index is 0.811. The first kappa shape index (κ1) is 15.5. The van der Waals surface area contributed by atoms with Gasteiger partial charge >= 0.3 is 0 Å². The maximum Gasteiger partial charge on any atom is 0.133 e. The molecule has 1 N–H and O–H groups in total. The summed E-state index contributed by atoms with van der Waals surface area (Å²) in [6, 6.07) is 6.30. The van der Waals surface area contributed by atoms with Crippen molar-refractivity contribution in [3.05, 3.63) is 28.2 Å². The quantitative estimate of drug-likeness (QED) is 0.677. The Morgan fingerprint density at radius 2 is 2.00 bits per heavy atom. The number of hydrogen-bond acceptors (Lipinski definition) is 2. The van der Waals surface area contributed by atoms with Crippen molar-refractivity contribution in [1.82, 2.24) is 5.32 Å². The number of halogens is 1. The van der Waals surface area contributed by atoms with Gasteiger partial charge in [0.05, 0.1) is 11.1 Å². The zero-order valence-electron chi connectivity index (χ0n) is 11.5. The maximum atomic E-state index is 5.78. The van der Waals surface area contributed by atoms with E-state index in [1.165, 1.54) is 24.8 Å². The molecule has 0 unspecified atom stereocenters. The Hall–Kier alpha value is -0.540. The Labute approximate surface area is 119 Å². The van der Waals surface area contributed by atoms with Gasteiger partial charge in [0.15, 0.2) is 0 Å². The minimum Gasteiger partial charge on any atom is -0.492 e. The lowest BCUT2D eigenvalue weighted by molar-refractivity contribution is 0.303. The van der Waals surface area contributed by atoms with Gasteiger partial charge in [-0.2, -0.15) is 0 Å². The van der Waals surface area contributed by atoms with Crippen molar-refractivity contribution in [2.75, 3.05) is 13.2 Å². The van der Waals surface area contributed by atoms with E-state index in [1.54, 1.807) is 0 Å². The van der Waals surface area contributed by atoms with Crippen LogP contribution in [-0.4, -0.2) is 13.2 Å². The normalized spacial score (nSPS) is 10.6. The van der Waals surface area contributed by atoms with Gasteiger partial charge in [0.1, 0.15) is 5.75 Å². The van der Waals surface area contributed by atoms with Crippen LogP contribution in [-0.2, 0) is 6.54 Å². The fourth-order valence-electron chi connectivity index (χ4n) is 1.75. The molecule has 102 valence electrons. The standard InChI is InChI=1S/C15H24BrNO/c1-3-5-6-7-10-18-15-9-8-13(11-14(15)16)12-17-4-2/h8-9,11,17H,3-7,10,12H2,1-2H3. The minimum atomic E-state index is 0.811. The molecule has 2 nitrogen and oxygen atoms in total. The van der Waals surface area contributed by atoms with Crippen LogP contribution in [0.15, 0.2) is 22.7 Å². The second-order valence-corrected chi connectivity index (χ2v) is 5.31. The average molecular weight is 314 g/mol. The van der Waals surface area contributed by atoms with Gasteiger partial charge in [-0.15, -0.1) is 0 Å². The van der Waals surface area contributed by atoms with E-state index >= 15 is 0 Å². The third kappa shape index (κ3) is 5.87. The van der Waals surface area contributed by atoms with Crippen molar-refractivity contribution in [3.63, 3.8) is 0 Å². The van der Waals surface area contributed by atoms with E-state index in [-0.39, 0.29) is 0 Å². The topological polar surface area (TPSA) is 21.3 Å². The summed E-state index contributed by atoms with van der Waals surface area (Å²) in [5.74, 6) is 0.951. The molecule has 0 aliphatic carbocycles. The molecule has 0 aliphatic heterocycles. The molecule has 0 heterocycles. The molecule has 0 saturated heterocycles. The molecule has 18 heavy (non-hydrogen) atoms.